The topological polar surface area (TPSA) is 37.4 Å². The third-order valence-corrected chi connectivity index (χ3v) is 6.88. The van der Waals surface area contributed by atoms with E-state index < -0.39 is 10.0 Å². The smallest absolute Gasteiger partial charge is 0.207 e. The molecule has 2 rings (SSSR count). The van der Waals surface area contributed by atoms with Crippen molar-refractivity contribution in [3.63, 3.8) is 0 Å². The first-order valence-electron chi connectivity index (χ1n) is 6.04. The molecule has 0 aliphatic rings. The van der Waals surface area contributed by atoms with Gasteiger partial charge in [-0.05, 0) is 31.4 Å². The summed E-state index contributed by atoms with van der Waals surface area (Å²) < 4.78 is 26.9. The zero-order valence-corrected chi connectivity index (χ0v) is 13.7. The molecule has 104 valence electrons. The molecular weight excluding hydrogens is 298 g/mol. The molecule has 2 heterocycles. The highest BCUT2D eigenvalue weighted by Crippen LogP contribution is 2.28. The van der Waals surface area contributed by atoms with Crippen molar-refractivity contribution >= 4 is 32.7 Å². The van der Waals surface area contributed by atoms with Gasteiger partial charge in [0.25, 0.3) is 0 Å². The number of thiophene rings is 2. The molecular formula is C13H17NO2S3. The van der Waals surface area contributed by atoms with E-state index in [4.69, 9.17) is 0 Å². The van der Waals surface area contributed by atoms with E-state index in [1.54, 1.807) is 17.4 Å². The van der Waals surface area contributed by atoms with Crippen LogP contribution in [-0.2, 0) is 16.6 Å². The molecule has 19 heavy (non-hydrogen) atoms. The van der Waals surface area contributed by atoms with Crippen molar-refractivity contribution in [3.05, 3.63) is 38.2 Å². The largest absolute Gasteiger partial charge is 0.244 e. The van der Waals surface area contributed by atoms with Crippen LogP contribution in [0.5, 0.6) is 0 Å². The Balaban J connectivity index is 2.33. The summed E-state index contributed by atoms with van der Waals surface area (Å²) >= 11 is 3.11. The molecule has 0 aliphatic heterocycles. The van der Waals surface area contributed by atoms with Crippen molar-refractivity contribution in [1.82, 2.24) is 4.31 Å². The average molecular weight is 315 g/mol. The molecule has 0 spiro atoms. The van der Waals surface area contributed by atoms with Gasteiger partial charge in [-0.2, -0.15) is 4.31 Å². The van der Waals surface area contributed by atoms with Gasteiger partial charge in [0.2, 0.25) is 10.0 Å². The molecule has 0 saturated heterocycles. The van der Waals surface area contributed by atoms with Crippen LogP contribution in [-0.4, -0.2) is 19.3 Å². The maximum absolute atomic E-state index is 12.7. The van der Waals surface area contributed by atoms with Crippen LogP contribution in [0.2, 0.25) is 0 Å². The van der Waals surface area contributed by atoms with Gasteiger partial charge in [0.1, 0.15) is 0 Å². The lowest BCUT2D eigenvalue weighted by Crippen LogP contribution is -2.30. The van der Waals surface area contributed by atoms with Crippen LogP contribution in [0.4, 0.5) is 0 Å². The Bertz CT molecular complexity index is 641. The highest BCUT2D eigenvalue weighted by Gasteiger charge is 2.26. The molecule has 0 amide bonds. The molecule has 0 aromatic carbocycles. The standard InChI is InChI=1S/C13H17NO2S3/c1-4-14(9-12-6-5-7-17-12)19(15,16)13-8-10(2)18-11(13)3/h5-8H,4,9H2,1-3H3. The van der Waals surface area contributed by atoms with E-state index in [2.05, 4.69) is 0 Å². The number of aryl methyl sites for hydroxylation is 2. The lowest BCUT2D eigenvalue weighted by atomic mass is 10.4. The van der Waals surface area contributed by atoms with Gasteiger partial charge in [0.15, 0.2) is 0 Å². The molecule has 2 aromatic rings. The third-order valence-electron chi connectivity index (χ3n) is 2.88. The normalized spacial score (nSPS) is 12.2. The van der Waals surface area contributed by atoms with Crippen LogP contribution >= 0.6 is 22.7 Å². The van der Waals surface area contributed by atoms with Gasteiger partial charge in [-0.3, -0.25) is 0 Å². The van der Waals surface area contributed by atoms with Crippen LogP contribution in [0, 0.1) is 13.8 Å². The summed E-state index contributed by atoms with van der Waals surface area (Å²) in [5.74, 6) is 0. The van der Waals surface area contributed by atoms with Gasteiger partial charge in [-0.15, -0.1) is 22.7 Å². The van der Waals surface area contributed by atoms with Gasteiger partial charge in [-0.1, -0.05) is 13.0 Å². The SMILES string of the molecule is CCN(Cc1cccs1)S(=O)(=O)c1cc(C)sc1C. The number of nitrogens with zero attached hydrogens (tertiary/aromatic N) is 1. The van der Waals surface area contributed by atoms with Crippen molar-refractivity contribution in [2.45, 2.75) is 32.2 Å². The third kappa shape index (κ3) is 3.08. The highest BCUT2D eigenvalue weighted by molar-refractivity contribution is 7.89. The summed E-state index contributed by atoms with van der Waals surface area (Å²) in [7, 11) is -3.39. The van der Waals surface area contributed by atoms with Gasteiger partial charge in [0, 0.05) is 27.7 Å². The monoisotopic (exact) mass is 315 g/mol. The zero-order chi connectivity index (χ0) is 14.0. The van der Waals surface area contributed by atoms with Crippen molar-refractivity contribution in [1.29, 1.82) is 0 Å². The molecule has 0 bridgehead atoms. The Morgan fingerprint density at radius 3 is 2.53 bits per heavy atom. The van der Waals surface area contributed by atoms with E-state index in [1.807, 2.05) is 38.3 Å². The van der Waals surface area contributed by atoms with Gasteiger partial charge >= 0.3 is 0 Å². The predicted octanol–water partition coefficient (Wildman–Crippen LogP) is 3.64. The average Bonchev–Trinajstić information content (AvgIpc) is 2.95. The fraction of sp³-hybridized carbons (Fsp3) is 0.385. The van der Waals surface area contributed by atoms with Gasteiger partial charge in [-0.25, -0.2) is 8.42 Å². The van der Waals surface area contributed by atoms with E-state index >= 15 is 0 Å². The second kappa shape index (κ2) is 5.75. The molecule has 0 N–H and O–H groups in total. The van der Waals surface area contributed by atoms with Crippen LogP contribution in [0.3, 0.4) is 0 Å². The first-order chi connectivity index (χ1) is 8.95. The number of rotatable bonds is 5. The maximum Gasteiger partial charge on any atom is 0.244 e. The summed E-state index contributed by atoms with van der Waals surface area (Å²) in [5.41, 5.74) is 0. The summed E-state index contributed by atoms with van der Waals surface area (Å²) in [6, 6.07) is 5.68. The maximum atomic E-state index is 12.7. The van der Waals surface area contributed by atoms with E-state index in [0.717, 1.165) is 14.6 Å². The first kappa shape index (κ1) is 14.7. The molecule has 6 heteroatoms. The minimum atomic E-state index is -3.39. The first-order valence-corrected chi connectivity index (χ1v) is 9.18. The second-order valence-corrected chi connectivity index (χ2v) is 8.69. The van der Waals surface area contributed by atoms with Crippen LogP contribution in [0.1, 0.15) is 21.6 Å². The quantitative estimate of drug-likeness (QED) is 0.845. The number of hydrogen-bond acceptors (Lipinski definition) is 4. The zero-order valence-electron chi connectivity index (χ0n) is 11.2. The molecule has 0 fully saturated rings. The summed E-state index contributed by atoms with van der Waals surface area (Å²) in [4.78, 5) is 3.41. The summed E-state index contributed by atoms with van der Waals surface area (Å²) in [5, 5.41) is 1.97. The Labute approximate surface area is 122 Å². The minimum Gasteiger partial charge on any atom is -0.207 e. The molecule has 0 atom stereocenters. The fourth-order valence-electron chi connectivity index (χ4n) is 1.95. The van der Waals surface area contributed by atoms with Gasteiger partial charge in [0.05, 0.1) is 4.90 Å². The lowest BCUT2D eigenvalue weighted by molar-refractivity contribution is 0.426. The van der Waals surface area contributed by atoms with Crippen molar-refractivity contribution < 1.29 is 8.42 Å². The van der Waals surface area contributed by atoms with Crippen LogP contribution in [0.25, 0.3) is 0 Å². The van der Waals surface area contributed by atoms with Crippen molar-refractivity contribution in [2.75, 3.05) is 6.54 Å². The number of hydrogen-bond donors (Lipinski definition) is 0. The highest BCUT2D eigenvalue weighted by atomic mass is 32.2. The molecule has 0 aliphatic carbocycles. The van der Waals surface area contributed by atoms with Crippen molar-refractivity contribution in [2.24, 2.45) is 0 Å². The predicted molar refractivity (Wildman–Crippen MR) is 81.4 cm³/mol. The second-order valence-electron chi connectivity index (χ2n) is 4.29. The Hall–Kier alpha value is -0.690. The lowest BCUT2D eigenvalue weighted by Gasteiger charge is -2.19. The van der Waals surface area contributed by atoms with Crippen LogP contribution < -0.4 is 0 Å². The molecule has 0 saturated carbocycles. The van der Waals surface area contributed by atoms with Crippen LogP contribution in [0.15, 0.2) is 28.5 Å². The van der Waals surface area contributed by atoms with E-state index in [1.165, 1.54) is 15.6 Å². The molecule has 3 nitrogen and oxygen atoms in total. The Morgan fingerprint density at radius 1 is 1.32 bits per heavy atom. The summed E-state index contributed by atoms with van der Waals surface area (Å²) in [6.07, 6.45) is 0. The van der Waals surface area contributed by atoms with Gasteiger partial charge < -0.3 is 0 Å². The molecule has 0 radical (unpaired) electrons. The number of sulfonamides is 1. The molecule has 0 unspecified atom stereocenters. The minimum absolute atomic E-state index is 0.449. The molecule has 2 aromatic heterocycles. The Morgan fingerprint density at radius 2 is 2.05 bits per heavy atom. The van der Waals surface area contributed by atoms with E-state index in [-0.39, 0.29) is 0 Å². The summed E-state index contributed by atoms with van der Waals surface area (Å²) in [6.45, 7) is 6.61. The van der Waals surface area contributed by atoms with Crippen molar-refractivity contribution in [3.8, 4) is 0 Å². The van der Waals surface area contributed by atoms with E-state index in [9.17, 15) is 8.42 Å². The fourth-order valence-corrected chi connectivity index (χ4v) is 5.70. The Kier molecular flexibility index (Phi) is 4.45. The van der Waals surface area contributed by atoms with E-state index in [0.29, 0.717) is 18.0 Å².